The van der Waals surface area contributed by atoms with E-state index >= 15 is 0 Å². The molecule has 0 fully saturated rings. The molecule has 20 heavy (non-hydrogen) atoms. The van der Waals surface area contributed by atoms with Gasteiger partial charge in [-0.05, 0) is 24.9 Å². The fourth-order valence-corrected chi connectivity index (χ4v) is 2.06. The van der Waals surface area contributed by atoms with Gasteiger partial charge in [-0.3, -0.25) is 0 Å². The van der Waals surface area contributed by atoms with Gasteiger partial charge in [0.15, 0.2) is 0 Å². The molecule has 0 spiro atoms. The van der Waals surface area contributed by atoms with Crippen molar-refractivity contribution in [2.75, 3.05) is 27.2 Å². The van der Waals surface area contributed by atoms with Crippen LogP contribution in [-0.4, -0.2) is 55.2 Å². The molecular weight excluding hydrogens is 258 g/mol. The summed E-state index contributed by atoms with van der Waals surface area (Å²) in [6, 6.07) is -1.36. The average Bonchev–Trinajstić information content (AvgIpc) is 2.19. The lowest BCUT2D eigenvalue weighted by Gasteiger charge is -2.30. The van der Waals surface area contributed by atoms with Crippen molar-refractivity contribution in [2.24, 2.45) is 10.8 Å². The largest absolute Gasteiger partial charge is 0.480 e. The zero-order chi connectivity index (χ0) is 16.1. The van der Waals surface area contributed by atoms with E-state index in [1.807, 2.05) is 27.9 Å². The lowest BCUT2D eigenvalue weighted by molar-refractivity contribution is -0.141. The van der Waals surface area contributed by atoms with Crippen LogP contribution in [0.1, 0.15) is 34.6 Å². The maximum atomic E-state index is 11.8. The van der Waals surface area contributed by atoms with Gasteiger partial charge in [0.2, 0.25) is 0 Å². The third kappa shape index (κ3) is 7.33. The minimum Gasteiger partial charge on any atom is -0.480 e. The Kier molecular flexibility index (Phi) is 6.47. The molecule has 0 saturated heterocycles. The topological polar surface area (TPSA) is 81.7 Å². The van der Waals surface area contributed by atoms with E-state index in [9.17, 15) is 9.59 Å². The van der Waals surface area contributed by atoms with Gasteiger partial charge in [-0.25, -0.2) is 9.59 Å². The van der Waals surface area contributed by atoms with Crippen LogP contribution in [0.3, 0.4) is 0 Å². The van der Waals surface area contributed by atoms with Crippen LogP contribution in [0.15, 0.2) is 0 Å². The van der Waals surface area contributed by atoms with Crippen LogP contribution in [0, 0.1) is 10.8 Å². The van der Waals surface area contributed by atoms with Crippen molar-refractivity contribution in [2.45, 2.75) is 40.7 Å². The summed E-state index contributed by atoms with van der Waals surface area (Å²) in [5, 5.41) is 14.4. The first kappa shape index (κ1) is 18.7. The van der Waals surface area contributed by atoms with Crippen molar-refractivity contribution in [3.63, 3.8) is 0 Å². The Bertz CT molecular complexity index is 346. The highest BCUT2D eigenvalue weighted by molar-refractivity contribution is 5.83. The van der Waals surface area contributed by atoms with Gasteiger partial charge in [0.05, 0.1) is 0 Å². The van der Waals surface area contributed by atoms with Crippen molar-refractivity contribution in [1.29, 1.82) is 0 Å². The molecule has 0 unspecified atom stereocenters. The van der Waals surface area contributed by atoms with E-state index in [1.165, 1.54) is 0 Å². The minimum atomic E-state index is -1.03. The monoisotopic (exact) mass is 287 g/mol. The molecule has 0 bridgehead atoms. The molecule has 0 heterocycles. The number of carbonyl (C=O) groups excluding carboxylic acids is 1. The number of hydrogen-bond acceptors (Lipinski definition) is 3. The number of carboxylic acid groups (broad SMARTS) is 1. The molecule has 0 aliphatic heterocycles. The third-order valence-corrected chi connectivity index (χ3v) is 2.86. The summed E-state index contributed by atoms with van der Waals surface area (Å²) in [6.45, 7) is 10.7. The van der Waals surface area contributed by atoms with Crippen LogP contribution in [0.2, 0.25) is 0 Å². The number of nitrogens with zero attached hydrogens (tertiary/aromatic N) is 1. The van der Waals surface area contributed by atoms with Gasteiger partial charge < -0.3 is 20.6 Å². The summed E-state index contributed by atoms with van der Waals surface area (Å²) < 4.78 is 0. The first-order valence-corrected chi connectivity index (χ1v) is 6.77. The van der Waals surface area contributed by atoms with E-state index in [0.29, 0.717) is 6.54 Å². The molecular formula is C14H29N3O3. The SMILES string of the molecule is CN(C)CC(C)(C)CNC(=O)N[C@@H](C(=O)O)C(C)(C)C. The van der Waals surface area contributed by atoms with E-state index in [1.54, 1.807) is 20.8 Å². The number of amides is 2. The third-order valence-electron chi connectivity index (χ3n) is 2.86. The number of carbonyl (C=O) groups is 2. The highest BCUT2D eigenvalue weighted by atomic mass is 16.4. The lowest BCUT2D eigenvalue weighted by Crippen LogP contribution is -2.53. The Labute approximate surface area is 121 Å². The molecule has 6 nitrogen and oxygen atoms in total. The number of hydrogen-bond donors (Lipinski definition) is 3. The Hall–Kier alpha value is -1.30. The molecule has 0 aromatic heterocycles. The number of rotatable bonds is 6. The molecule has 0 aromatic carbocycles. The Morgan fingerprint density at radius 2 is 1.65 bits per heavy atom. The van der Waals surface area contributed by atoms with E-state index in [4.69, 9.17) is 5.11 Å². The van der Waals surface area contributed by atoms with Gasteiger partial charge >= 0.3 is 12.0 Å². The van der Waals surface area contributed by atoms with Crippen LogP contribution >= 0.6 is 0 Å². The Morgan fingerprint density at radius 3 is 2.00 bits per heavy atom. The summed E-state index contributed by atoms with van der Waals surface area (Å²) in [5.74, 6) is -1.03. The van der Waals surface area contributed by atoms with Crippen molar-refractivity contribution >= 4 is 12.0 Å². The number of carboxylic acids is 1. The van der Waals surface area contributed by atoms with Gasteiger partial charge in [-0.1, -0.05) is 34.6 Å². The fourth-order valence-electron chi connectivity index (χ4n) is 2.06. The first-order valence-electron chi connectivity index (χ1n) is 6.77. The second kappa shape index (κ2) is 6.92. The molecule has 0 aromatic rings. The molecule has 3 N–H and O–H groups in total. The molecule has 0 radical (unpaired) electrons. The highest BCUT2D eigenvalue weighted by Gasteiger charge is 2.32. The summed E-state index contributed by atoms with van der Waals surface area (Å²) in [4.78, 5) is 25.1. The van der Waals surface area contributed by atoms with E-state index in [2.05, 4.69) is 15.5 Å². The summed E-state index contributed by atoms with van der Waals surface area (Å²) in [7, 11) is 3.95. The fraction of sp³-hybridized carbons (Fsp3) is 0.857. The van der Waals surface area contributed by atoms with Gasteiger partial charge in [-0.2, -0.15) is 0 Å². The van der Waals surface area contributed by atoms with E-state index in [-0.39, 0.29) is 5.41 Å². The van der Waals surface area contributed by atoms with Crippen LogP contribution in [0.25, 0.3) is 0 Å². The highest BCUT2D eigenvalue weighted by Crippen LogP contribution is 2.19. The Morgan fingerprint density at radius 1 is 1.15 bits per heavy atom. The maximum absolute atomic E-state index is 11.8. The number of nitrogens with one attached hydrogen (secondary N) is 2. The normalized spacial score (nSPS) is 14.0. The second-order valence-electron chi connectivity index (χ2n) is 7.37. The van der Waals surface area contributed by atoms with Gasteiger partial charge in [0.25, 0.3) is 0 Å². The van der Waals surface area contributed by atoms with Crippen molar-refractivity contribution < 1.29 is 14.7 Å². The molecule has 1 atom stereocenters. The first-order chi connectivity index (χ1) is 8.85. The summed E-state index contributed by atoms with van der Waals surface area (Å²) in [5.41, 5.74) is -0.621. The summed E-state index contributed by atoms with van der Waals surface area (Å²) in [6.07, 6.45) is 0. The minimum absolute atomic E-state index is 0.0821. The predicted octanol–water partition coefficient (Wildman–Crippen LogP) is 1.37. The number of aliphatic carboxylic acids is 1. The van der Waals surface area contributed by atoms with Crippen LogP contribution < -0.4 is 10.6 Å². The van der Waals surface area contributed by atoms with Crippen molar-refractivity contribution in [3.05, 3.63) is 0 Å². The van der Waals surface area contributed by atoms with Crippen LogP contribution in [0.5, 0.6) is 0 Å². The molecule has 0 rings (SSSR count). The average molecular weight is 287 g/mol. The lowest BCUT2D eigenvalue weighted by atomic mass is 9.87. The maximum Gasteiger partial charge on any atom is 0.326 e. The van der Waals surface area contributed by atoms with Gasteiger partial charge in [0, 0.05) is 13.1 Å². The molecule has 0 aliphatic carbocycles. The predicted molar refractivity (Wildman–Crippen MR) is 79.7 cm³/mol. The van der Waals surface area contributed by atoms with Gasteiger partial charge in [-0.15, -0.1) is 0 Å². The molecule has 0 aliphatic rings. The van der Waals surface area contributed by atoms with E-state index < -0.39 is 23.5 Å². The molecule has 0 saturated carbocycles. The van der Waals surface area contributed by atoms with Gasteiger partial charge in [0.1, 0.15) is 6.04 Å². The zero-order valence-corrected chi connectivity index (χ0v) is 13.7. The molecule has 6 heteroatoms. The smallest absolute Gasteiger partial charge is 0.326 e. The zero-order valence-electron chi connectivity index (χ0n) is 13.7. The number of urea groups is 1. The molecule has 118 valence electrons. The van der Waals surface area contributed by atoms with Crippen LogP contribution in [-0.2, 0) is 4.79 Å². The summed E-state index contributed by atoms with van der Waals surface area (Å²) >= 11 is 0. The van der Waals surface area contributed by atoms with E-state index in [0.717, 1.165) is 6.54 Å². The quantitative estimate of drug-likeness (QED) is 0.689. The standard InChI is InChI=1S/C14H29N3O3/c1-13(2,3)10(11(18)19)16-12(20)15-8-14(4,5)9-17(6)7/h10H,8-9H2,1-7H3,(H,18,19)(H2,15,16,20)/t10-/m0/s1. The van der Waals surface area contributed by atoms with Crippen molar-refractivity contribution in [3.8, 4) is 0 Å². The van der Waals surface area contributed by atoms with Crippen molar-refractivity contribution in [1.82, 2.24) is 15.5 Å². The van der Waals surface area contributed by atoms with Crippen LogP contribution in [0.4, 0.5) is 4.79 Å². The molecule has 2 amide bonds. The Balaban J connectivity index is 4.46. The second-order valence-corrected chi connectivity index (χ2v) is 7.37.